The average Bonchev–Trinajstić information content (AvgIpc) is 2.29. The fourth-order valence-corrected chi connectivity index (χ4v) is 2.81. The first kappa shape index (κ1) is 15.9. The van der Waals surface area contributed by atoms with Crippen molar-refractivity contribution in [2.75, 3.05) is 40.5 Å². The quantitative estimate of drug-likeness (QED) is 0.670. The summed E-state index contributed by atoms with van der Waals surface area (Å²) in [6, 6.07) is 0. The molecule has 108 valence electrons. The molecule has 1 rings (SSSR count). The maximum Gasteiger partial charge on any atom is 0.0662 e. The third kappa shape index (κ3) is 3.23. The fraction of sp³-hybridized carbons (Fsp3) is 1.00. The molecule has 0 aromatic carbocycles. The van der Waals surface area contributed by atoms with Gasteiger partial charge in [0, 0.05) is 44.4 Å². The normalized spacial score (nSPS) is 30.5. The summed E-state index contributed by atoms with van der Waals surface area (Å²) in [5.74, 6) is 0. The van der Waals surface area contributed by atoms with Crippen LogP contribution < -0.4 is 5.73 Å². The minimum atomic E-state index is -0.130. The van der Waals surface area contributed by atoms with Crippen LogP contribution in [0.5, 0.6) is 0 Å². The molecule has 0 aliphatic heterocycles. The third-order valence-corrected chi connectivity index (χ3v) is 4.45. The summed E-state index contributed by atoms with van der Waals surface area (Å²) in [5.41, 5.74) is 6.48. The molecule has 0 aromatic heterocycles. The van der Waals surface area contributed by atoms with Gasteiger partial charge in [-0.2, -0.15) is 0 Å². The molecule has 18 heavy (non-hydrogen) atoms. The highest BCUT2D eigenvalue weighted by Crippen LogP contribution is 2.49. The van der Waals surface area contributed by atoms with Gasteiger partial charge in [-0.15, -0.1) is 0 Å². The van der Waals surface area contributed by atoms with Crippen molar-refractivity contribution in [3.05, 3.63) is 0 Å². The number of rotatable bonds is 8. The zero-order valence-corrected chi connectivity index (χ0v) is 12.7. The van der Waals surface area contributed by atoms with E-state index >= 15 is 0 Å². The summed E-state index contributed by atoms with van der Waals surface area (Å²) in [5, 5.41) is 0. The van der Waals surface area contributed by atoms with E-state index in [2.05, 4.69) is 25.8 Å². The zero-order valence-electron chi connectivity index (χ0n) is 12.7. The number of hydrogen-bond acceptors (Lipinski definition) is 4. The highest BCUT2D eigenvalue weighted by Gasteiger charge is 2.58. The standard InChI is InChI=1S/C14H30N2O2/c1-6-18-12-10-14(15,13(12,2)3)11-16(4)8-7-9-17-5/h12H,6-11,15H2,1-5H3. The van der Waals surface area contributed by atoms with Gasteiger partial charge >= 0.3 is 0 Å². The van der Waals surface area contributed by atoms with E-state index in [0.29, 0.717) is 6.10 Å². The zero-order chi connectivity index (χ0) is 13.8. The van der Waals surface area contributed by atoms with E-state index in [1.165, 1.54) is 0 Å². The van der Waals surface area contributed by atoms with Crippen LogP contribution in [0.4, 0.5) is 0 Å². The van der Waals surface area contributed by atoms with E-state index in [1.54, 1.807) is 7.11 Å². The maximum absolute atomic E-state index is 6.55. The summed E-state index contributed by atoms with van der Waals surface area (Å²) in [6.07, 6.45) is 2.32. The smallest absolute Gasteiger partial charge is 0.0662 e. The van der Waals surface area contributed by atoms with Gasteiger partial charge in [-0.05, 0) is 26.8 Å². The summed E-state index contributed by atoms with van der Waals surface area (Å²) in [4.78, 5) is 2.31. The first-order valence-electron chi connectivity index (χ1n) is 6.95. The van der Waals surface area contributed by atoms with Crippen molar-refractivity contribution in [3.63, 3.8) is 0 Å². The minimum Gasteiger partial charge on any atom is -0.385 e. The number of hydrogen-bond donors (Lipinski definition) is 1. The number of ether oxygens (including phenoxy) is 2. The van der Waals surface area contributed by atoms with Crippen molar-refractivity contribution in [1.82, 2.24) is 4.90 Å². The monoisotopic (exact) mass is 258 g/mol. The van der Waals surface area contributed by atoms with Gasteiger partial charge in [-0.25, -0.2) is 0 Å². The van der Waals surface area contributed by atoms with Crippen LogP contribution in [0.2, 0.25) is 0 Å². The topological polar surface area (TPSA) is 47.7 Å². The highest BCUT2D eigenvalue weighted by molar-refractivity contribution is 5.14. The van der Waals surface area contributed by atoms with Gasteiger partial charge < -0.3 is 20.1 Å². The van der Waals surface area contributed by atoms with Gasteiger partial charge in [0.15, 0.2) is 0 Å². The molecule has 0 bridgehead atoms. The molecule has 0 saturated heterocycles. The largest absolute Gasteiger partial charge is 0.385 e. The molecule has 4 nitrogen and oxygen atoms in total. The molecule has 0 spiro atoms. The van der Waals surface area contributed by atoms with E-state index < -0.39 is 0 Å². The lowest BCUT2D eigenvalue weighted by atomic mass is 9.54. The Labute approximate surface area is 112 Å². The first-order chi connectivity index (χ1) is 8.37. The molecule has 0 amide bonds. The molecular formula is C14H30N2O2. The van der Waals surface area contributed by atoms with E-state index in [4.69, 9.17) is 15.2 Å². The first-order valence-corrected chi connectivity index (χ1v) is 6.95. The van der Waals surface area contributed by atoms with Crippen molar-refractivity contribution < 1.29 is 9.47 Å². The lowest BCUT2D eigenvalue weighted by Crippen LogP contribution is -2.73. The van der Waals surface area contributed by atoms with Crippen LogP contribution in [-0.4, -0.2) is 57.0 Å². The third-order valence-electron chi connectivity index (χ3n) is 4.45. The van der Waals surface area contributed by atoms with Crippen molar-refractivity contribution in [1.29, 1.82) is 0 Å². The number of nitrogens with two attached hydrogens (primary N) is 1. The van der Waals surface area contributed by atoms with Crippen molar-refractivity contribution in [2.24, 2.45) is 11.1 Å². The Morgan fingerprint density at radius 2 is 2.06 bits per heavy atom. The van der Waals surface area contributed by atoms with Crippen molar-refractivity contribution in [2.45, 2.75) is 45.3 Å². The predicted octanol–water partition coefficient (Wildman–Crippen LogP) is 1.49. The maximum atomic E-state index is 6.55. The van der Waals surface area contributed by atoms with Crippen LogP contribution in [0, 0.1) is 5.41 Å². The number of likely N-dealkylation sites (N-methyl/N-ethyl adjacent to an activating group) is 1. The van der Waals surface area contributed by atoms with Crippen LogP contribution in [-0.2, 0) is 9.47 Å². The van der Waals surface area contributed by atoms with Gasteiger partial charge in [0.05, 0.1) is 6.10 Å². The Morgan fingerprint density at radius 1 is 1.39 bits per heavy atom. The Morgan fingerprint density at radius 3 is 2.56 bits per heavy atom. The van der Waals surface area contributed by atoms with Gasteiger partial charge in [0.25, 0.3) is 0 Å². The molecule has 2 unspecified atom stereocenters. The second-order valence-electron chi connectivity index (χ2n) is 6.11. The number of methoxy groups -OCH3 is 1. The van der Waals surface area contributed by atoms with Crippen molar-refractivity contribution in [3.8, 4) is 0 Å². The van der Waals surface area contributed by atoms with E-state index in [0.717, 1.165) is 39.1 Å². The Hall–Kier alpha value is -0.160. The van der Waals surface area contributed by atoms with Crippen LogP contribution in [0.25, 0.3) is 0 Å². The lowest BCUT2D eigenvalue weighted by Gasteiger charge is -2.60. The predicted molar refractivity (Wildman–Crippen MR) is 74.7 cm³/mol. The van der Waals surface area contributed by atoms with Gasteiger partial charge in [0.1, 0.15) is 0 Å². The molecule has 0 aromatic rings. The van der Waals surface area contributed by atoms with Crippen LogP contribution in [0.1, 0.15) is 33.6 Å². The summed E-state index contributed by atoms with van der Waals surface area (Å²) < 4.78 is 10.8. The molecule has 0 radical (unpaired) electrons. The molecule has 2 N–H and O–H groups in total. The fourth-order valence-electron chi connectivity index (χ4n) is 2.81. The summed E-state index contributed by atoms with van der Waals surface area (Å²) >= 11 is 0. The van der Waals surface area contributed by atoms with Gasteiger partial charge in [-0.1, -0.05) is 13.8 Å². The van der Waals surface area contributed by atoms with Gasteiger partial charge in [-0.3, -0.25) is 0 Å². The molecule has 4 heteroatoms. The molecule has 0 heterocycles. The molecule has 1 aliphatic rings. The summed E-state index contributed by atoms with van der Waals surface area (Å²) in [6.45, 7) is 10.0. The van der Waals surface area contributed by atoms with Crippen molar-refractivity contribution >= 4 is 0 Å². The molecule has 2 atom stereocenters. The SMILES string of the molecule is CCOC1CC(N)(CN(C)CCCOC)C1(C)C. The summed E-state index contributed by atoms with van der Waals surface area (Å²) in [7, 11) is 3.88. The Bertz CT molecular complexity index is 258. The van der Waals surface area contributed by atoms with E-state index in [-0.39, 0.29) is 11.0 Å². The second kappa shape index (κ2) is 6.33. The second-order valence-corrected chi connectivity index (χ2v) is 6.11. The molecule has 1 aliphatic carbocycles. The van der Waals surface area contributed by atoms with Crippen LogP contribution >= 0.6 is 0 Å². The molecule has 1 saturated carbocycles. The molecule has 1 fully saturated rings. The highest BCUT2D eigenvalue weighted by atomic mass is 16.5. The molecular weight excluding hydrogens is 228 g/mol. The van der Waals surface area contributed by atoms with Crippen LogP contribution in [0.15, 0.2) is 0 Å². The minimum absolute atomic E-state index is 0.0541. The average molecular weight is 258 g/mol. The van der Waals surface area contributed by atoms with Gasteiger partial charge in [0.2, 0.25) is 0 Å². The Kier molecular flexibility index (Phi) is 5.59. The lowest BCUT2D eigenvalue weighted by molar-refractivity contribution is -0.155. The number of nitrogens with zero attached hydrogens (tertiary/aromatic N) is 1. The van der Waals surface area contributed by atoms with E-state index in [1.807, 2.05) is 6.92 Å². The van der Waals surface area contributed by atoms with Crippen LogP contribution in [0.3, 0.4) is 0 Å². The van der Waals surface area contributed by atoms with E-state index in [9.17, 15) is 0 Å². The Balaban J connectivity index is 2.42.